The van der Waals surface area contributed by atoms with Crippen molar-refractivity contribution >= 4 is 29.9 Å². The Kier molecular flexibility index (Phi) is 11.9. The van der Waals surface area contributed by atoms with Crippen LogP contribution < -0.4 is 10.6 Å². The van der Waals surface area contributed by atoms with Crippen molar-refractivity contribution in [3.8, 4) is 0 Å². The molecule has 0 spiro atoms. The summed E-state index contributed by atoms with van der Waals surface area (Å²) in [4.78, 5) is 9.22. The molecular formula is C19H37IN6O. The van der Waals surface area contributed by atoms with Gasteiger partial charge in [0.05, 0.1) is 12.2 Å². The van der Waals surface area contributed by atoms with Crippen LogP contribution in [0.25, 0.3) is 0 Å². The Bertz CT molecular complexity index is 546. The fourth-order valence-electron chi connectivity index (χ4n) is 3.36. The second-order valence-corrected chi connectivity index (χ2v) is 7.08. The maximum Gasteiger partial charge on any atom is 0.191 e. The highest BCUT2D eigenvalue weighted by atomic mass is 127. The van der Waals surface area contributed by atoms with E-state index in [0.717, 1.165) is 56.4 Å². The highest BCUT2D eigenvalue weighted by Crippen LogP contribution is 2.22. The Hall–Kier alpha value is -0.870. The number of rotatable bonds is 8. The van der Waals surface area contributed by atoms with Gasteiger partial charge in [0.2, 0.25) is 0 Å². The number of nitrogens with zero attached hydrogens (tertiary/aromatic N) is 4. The Labute approximate surface area is 181 Å². The first kappa shape index (κ1) is 24.2. The number of likely N-dealkylation sites (N-methyl/N-ethyl adjacent to an activating group) is 1. The molecule has 2 N–H and O–H groups in total. The lowest BCUT2D eigenvalue weighted by Gasteiger charge is -2.20. The standard InChI is InChI=1S/C19H36N6O.HI/c1-5-16(6-2)18-14-17(26-23-18)15-22-19(20-3)21-8-11-25-10-7-9-24(4)12-13-25;/h14,16H,5-13,15H2,1-4H3,(H2,20,21,22);1H. The van der Waals surface area contributed by atoms with E-state index in [-0.39, 0.29) is 24.0 Å². The summed E-state index contributed by atoms with van der Waals surface area (Å²) in [6, 6.07) is 2.06. The smallest absolute Gasteiger partial charge is 0.191 e. The molecular weight excluding hydrogens is 455 g/mol. The predicted molar refractivity (Wildman–Crippen MR) is 122 cm³/mol. The molecule has 27 heavy (non-hydrogen) atoms. The molecule has 0 saturated carbocycles. The molecule has 0 aliphatic carbocycles. The third-order valence-electron chi connectivity index (χ3n) is 5.17. The molecule has 7 nitrogen and oxygen atoms in total. The minimum absolute atomic E-state index is 0. The van der Waals surface area contributed by atoms with Crippen molar-refractivity contribution in [2.75, 3.05) is 53.4 Å². The zero-order valence-electron chi connectivity index (χ0n) is 17.3. The van der Waals surface area contributed by atoms with Gasteiger partial charge in [0.25, 0.3) is 0 Å². The number of hydrogen-bond donors (Lipinski definition) is 2. The first-order chi connectivity index (χ1) is 12.7. The Morgan fingerprint density at radius 2 is 2.00 bits per heavy atom. The molecule has 0 aromatic carbocycles. The topological polar surface area (TPSA) is 68.9 Å². The van der Waals surface area contributed by atoms with Crippen LogP contribution in [0.3, 0.4) is 0 Å². The van der Waals surface area contributed by atoms with Gasteiger partial charge in [-0.25, -0.2) is 0 Å². The Morgan fingerprint density at radius 1 is 1.22 bits per heavy atom. The summed E-state index contributed by atoms with van der Waals surface area (Å²) >= 11 is 0. The fourth-order valence-corrected chi connectivity index (χ4v) is 3.36. The van der Waals surface area contributed by atoms with E-state index >= 15 is 0 Å². The van der Waals surface area contributed by atoms with Crippen molar-refractivity contribution in [2.24, 2.45) is 4.99 Å². The molecule has 156 valence electrons. The van der Waals surface area contributed by atoms with Crippen molar-refractivity contribution in [1.29, 1.82) is 0 Å². The van der Waals surface area contributed by atoms with Crippen LogP contribution in [0.5, 0.6) is 0 Å². The zero-order valence-corrected chi connectivity index (χ0v) is 19.7. The van der Waals surface area contributed by atoms with Crippen molar-refractivity contribution in [1.82, 2.24) is 25.6 Å². The lowest BCUT2D eigenvalue weighted by atomic mass is 9.99. The summed E-state index contributed by atoms with van der Waals surface area (Å²) in [5, 5.41) is 10.9. The lowest BCUT2D eigenvalue weighted by molar-refractivity contribution is 0.280. The van der Waals surface area contributed by atoms with Gasteiger partial charge in [-0.1, -0.05) is 19.0 Å². The third-order valence-corrected chi connectivity index (χ3v) is 5.17. The highest BCUT2D eigenvalue weighted by molar-refractivity contribution is 14.0. The van der Waals surface area contributed by atoms with Gasteiger partial charge in [-0.2, -0.15) is 0 Å². The highest BCUT2D eigenvalue weighted by Gasteiger charge is 2.14. The molecule has 0 bridgehead atoms. The zero-order chi connectivity index (χ0) is 18.8. The van der Waals surface area contributed by atoms with Crippen LogP contribution in [-0.4, -0.2) is 74.3 Å². The number of aliphatic imine (C=N–C) groups is 1. The van der Waals surface area contributed by atoms with Crippen molar-refractivity contribution in [3.63, 3.8) is 0 Å². The van der Waals surface area contributed by atoms with E-state index in [2.05, 4.69) is 57.5 Å². The quantitative estimate of drug-likeness (QED) is 0.330. The molecule has 8 heteroatoms. The molecule has 0 radical (unpaired) electrons. The Morgan fingerprint density at radius 3 is 2.70 bits per heavy atom. The second kappa shape index (κ2) is 13.3. The monoisotopic (exact) mass is 492 g/mol. The summed E-state index contributed by atoms with van der Waals surface area (Å²) in [7, 11) is 4.00. The van der Waals surface area contributed by atoms with Crippen LogP contribution in [0.2, 0.25) is 0 Å². The van der Waals surface area contributed by atoms with Crippen molar-refractivity contribution < 1.29 is 4.52 Å². The van der Waals surface area contributed by atoms with Gasteiger partial charge in [0.1, 0.15) is 0 Å². The maximum atomic E-state index is 5.46. The average Bonchev–Trinajstić information content (AvgIpc) is 3.01. The van der Waals surface area contributed by atoms with E-state index in [1.807, 2.05) is 0 Å². The molecule has 1 aromatic heterocycles. The van der Waals surface area contributed by atoms with Gasteiger partial charge in [-0.05, 0) is 39.4 Å². The molecule has 1 aromatic rings. The molecule has 2 heterocycles. The summed E-state index contributed by atoms with van der Waals surface area (Å²) in [5.41, 5.74) is 1.06. The Balaban J connectivity index is 0.00000364. The van der Waals surface area contributed by atoms with E-state index in [4.69, 9.17) is 4.52 Å². The van der Waals surface area contributed by atoms with Crippen molar-refractivity contribution in [2.45, 2.75) is 45.6 Å². The van der Waals surface area contributed by atoms with Gasteiger partial charge in [0.15, 0.2) is 11.7 Å². The van der Waals surface area contributed by atoms with Gasteiger partial charge in [-0.3, -0.25) is 4.99 Å². The van der Waals surface area contributed by atoms with Gasteiger partial charge < -0.3 is 25.0 Å². The number of guanidine groups is 1. The molecule has 1 aliphatic heterocycles. The maximum absolute atomic E-state index is 5.46. The molecule has 1 aliphatic rings. The van der Waals surface area contributed by atoms with Crippen LogP contribution >= 0.6 is 24.0 Å². The number of aromatic nitrogens is 1. The third kappa shape index (κ3) is 8.35. The molecule has 2 rings (SSSR count). The average molecular weight is 492 g/mol. The predicted octanol–water partition coefficient (Wildman–Crippen LogP) is 2.50. The van der Waals surface area contributed by atoms with E-state index in [1.54, 1.807) is 7.05 Å². The first-order valence-electron chi connectivity index (χ1n) is 9.97. The minimum atomic E-state index is 0. The summed E-state index contributed by atoms with van der Waals surface area (Å²) in [6.45, 7) is 11.6. The van der Waals surface area contributed by atoms with Crippen LogP contribution in [0.1, 0.15) is 50.5 Å². The minimum Gasteiger partial charge on any atom is -0.359 e. The van der Waals surface area contributed by atoms with Gasteiger partial charge >= 0.3 is 0 Å². The molecule has 1 saturated heterocycles. The van der Waals surface area contributed by atoms with E-state index in [0.29, 0.717) is 12.5 Å². The fraction of sp³-hybridized carbons (Fsp3) is 0.789. The van der Waals surface area contributed by atoms with Gasteiger partial charge in [0, 0.05) is 45.2 Å². The SMILES string of the molecule is CCC(CC)c1cc(CNC(=NC)NCCN2CCCN(C)CC2)on1.I. The second-order valence-electron chi connectivity index (χ2n) is 7.08. The number of hydrogen-bond acceptors (Lipinski definition) is 5. The van der Waals surface area contributed by atoms with Gasteiger partial charge in [-0.15, -0.1) is 24.0 Å². The van der Waals surface area contributed by atoms with E-state index < -0.39 is 0 Å². The lowest BCUT2D eigenvalue weighted by Crippen LogP contribution is -2.42. The first-order valence-corrected chi connectivity index (χ1v) is 9.97. The molecule has 0 amide bonds. The van der Waals surface area contributed by atoms with Crippen LogP contribution in [0, 0.1) is 0 Å². The number of nitrogens with one attached hydrogen (secondary N) is 2. The van der Waals surface area contributed by atoms with Crippen LogP contribution in [0.4, 0.5) is 0 Å². The summed E-state index contributed by atoms with van der Waals surface area (Å²) in [6.07, 6.45) is 3.42. The summed E-state index contributed by atoms with van der Waals surface area (Å²) < 4.78 is 5.46. The molecule has 1 fully saturated rings. The number of halogens is 1. The molecule has 0 atom stereocenters. The van der Waals surface area contributed by atoms with E-state index in [1.165, 1.54) is 19.5 Å². The largest absolute Gasteiger partial charge is 0.359 e. The summed E-state index contributed by atoms with van der Waals surface area (Å²) in [5.74, 6) is 2.14. The van der Waals surface area contributed by atoms with Crippen molar-refractivity contribution in [3.05, 3.63) is 17.5 Å². The normalized spacial score (nSPS) is 16.9. The molecule has 0 unspecified atom stereocenters. The van der Waals surface area contributed by atoms with E-state index in [9.17, 15) is 0 Å². The van der Waals surface area contributed by atoms with Crippen LogP contribution in [-0.2, 0) is 6.54 Å². The van der Waals surface area contributed by atoms with Crippen LogP contribution in [0.15, 0.2) is 15.6 Å².